The fourth-order valence-electron chi connectivity index (χ4n) is 2.56. The molecule has 25 heavy (non-hydrogen) atoms. The molecular weight excluding hydrogens is 358 g/mol. The highest BCUT2D eigenvalue weighted by molar-refractivity contribution is 7.99. The van der Waals surface area contributed by atoms with Gasteiger partial charge in [-0.2, -0.15) is 0 Å². The van der Waals surface area contributed by atoms with Crippen LogP contribution >= 0.6 is 11.8 Å². The number of hydrogen-bond donors (Lipinski definition) is 1. The second-order valence-corrected chi connectivity index (χ2v) is 6.55. The van der Waals surface area contributed by atoms with Crippen molar-refractivity contribution in [2.24, 2.45) is 0 Å². The van der Waals surface area contributed by atoms with Crippen LogP contribution in [0, 0.1) is 5.82 Å². The lowest BCUT2D eigenvalue weighted by atomic mass is 10.0. The van der Waals surface area contributed by atoms with E-state index in [1.807, 2.05) is 0 Å². The summed E-state index contributed by atoms with van der Waals surface area (Å²) in [5.41, 5.74) is 0.910. The van der Waals surface area contributed by atoms with Crippen LogP contribution in [-0.4, -0.2) is 18.0 Å². The minimum absolute atomic E-state index is 0.200. The number of carbonyl (C=O) groups excluding carboxylic acids is 1. The van der Waals surface area contributed by atoms with Gasteiger partial charge < -0.3 is 10.1 Å². The Morgan fingerprint density at radius 3 is 2.56 bits per heavy atom. The fraction of sp³-hybridized carbons (Fsp3) is 0.235. The summed E-state index contributed by atoms with van der Waals surface area (Å²) in [5.74, 6) is -0.438. The third kappa shape index (κ3) is 4.45. The van der Waals surface area contributed by atoms with Crippen LogP contribution in [0.25, 0.3) is 0 Å². The number of thioether (sulfide) groups is 1. The largest absolute Gasteiger partial charge is 0.573 e. The number of nitrogens with one attached hydrogen (secondary N) is 1. The van der Waals surface area contributed by atoms with Gasteiger partial charge in [-0.1, -0.05) is 0 Å². The van der Waals surface area contributed by atoms with Gasteiger partial charge >= 0.3 is 6.36 Å². The molecule has 0 saturated carbocycles. The average Bonchev–Trinajstić information content (AvgIpc) is 2.54. The van der Waals surface area contributed by atoms with Crippen molar-refractivity contribution in [2.45, 2.75) is 23.7 Å². The van der Waals surface area contributed by atoms with Gasteiger partial charge in [-0.15, -0.1) is 24.9 Å². The second-order valence-electron chi connectivity index (χ2n) is 5.42. The van der Waals surface area contributed by atoms with Gasteiger partial charge in [0.05, 0.1) is 6.04 Å². The lowest BCUT2D eigenvalue weighted by Crippen LogP contribution is -2.30. The Kier molecular flexibility index (Phi) is 4.89. The van der Waals surface area contributed by atoms with Crippen LogP contribution in [0.2, 0.25) is 0 Å². The van der Waals surface area contributed by atoms with Crippen LogP contribution in [0.3, 0.4) is 0 Å². The maximum absolute atomic E-state index is 13.5. The fourth-order valence-corrected chi connectivity index (χ4v) is 3.67. The summed E-state index contributed by atoms with van der Waals surface area (Å²) >= 11 is 1.59. The van der Waals surface area contributed by atoms with Crippen molar-refractivity contribution < 1.29 is 27.1 Å². The molecule has 0 fully saturated rings. The van der Waals surface area contributed by atoms with Gasteiger partial charge in [0.25, 0.3) is 5.91 Å². The maximum Gasteiger partial charge on any atom is 0.573 e. The molecule has 0 spiro atoms. The number of carbonyl (C=O) groups is 1. The molecule has 0 aromatic heterocycles. The first-order valence-corrected chi connectivity index (χ1v) is 8.39. The molecule has 2 aromatic rings. The van der Waals surface area contributed by atoms with E-state index in [9.17, 15) is 22.4 Å². The van der Waals surface area contributed by atoms with Gasteiger partial charge in [-0.05, 0) is 54.4 Å². The molecule has 1 aliphatic heterocycles. The molecule has 0 bridgehead atoms. The number of halogens is 4. The molecule has 0 radical (unpaired) electrons. The zero-order chi connectivity index (χ0) is 18.0. The molecule has 1 unspecified atom stereocenters. The first kappa shape index (κ1) is 17.6. The molecule has 1 N–H and O–H groups in total. The third-order valence-electron chi connectivity index (χ3n) is 3.67. The Balaban J connectivity index is 1.72. The van der Waals surface area contributed by atoms with E-state index in [4.69, 9.17) is 0 Å². The number of hydrogen-bond acceptors (Lipinski definition) is 3. The number of benzene rings is 2. The topological polar surface area (TPSA) is 38.3 Å². The van der Waals surface area contributed by atoms with E-state index in [-0.39, 0.29) is 17.4 Å². The van der Waals surface area contributed by atoms with Crippen molar-refractivity contribution >= 4 is 17.7 Å². The minimum Gasteiger partial charge on any atom is -0.406 e. The summed E-state index contributed by atoms with van der Waals surface area (Å²) in [6.45, 7) is 0. The second kappa shape index (κ2) is 6.95. The summed E-state index contributed by atoms with van der Waals surface area (Å²) in [6, 6.07) is 8.75. The van der Waals surface area contributed by atoms with Crippen molar-refractivity contribution in [1.29, 1.82) is 0 Å². The summed E-state index contributed by atoms with van der Waals surface area (Å²) in [5, 5.41) is 2.80. The first-order valence-electron chi connectivity index (χ1n) is 7.41. The van der Waals surface area contributed by atoms with Gasteiger partial charge in [0, 0.05) is 16.2 Å². The highest BCUT2D eigenvalue weighted by Crippen LogP contribution is 2.36. The summed E-state index contributed by atoms with van der Waals surface area (Å²) in [6.07, 6.45) is -4.14. The molecule has 132 valence electrons. The van der Waals surface area contributed by atoms with Gasteiger partial charge in [0.1, 0.15) is 11.6 Å². The Labute approximate surface area is 145 Å². The lowest BCUT2D eigenvalue weighted by molar-refractivity contribution is -0.274. The predicted octanol–water partition coefficient (Wildman–Crippen LogP) is 4.69. The highest BCUT2D eigenvalue weighted by atomic mass is 32.2. The standard InChI is InChI=1S/C17H13F4NO2S/c18-11-3-6-15-13(9-11)14(7-8-25-15)22-16(23)10-1-4-12(5-2-10)24-17(19,20)21/h1-6,9,14H,7-8H2,(H,22,23). The normalized spacial score (nSPS) is 16.9. The molecule has 2 aromatic carbocycles. The van der Waals surface area contributed by atoms with Gasteiger partial charge in [-0.3, -0.25) is 4.79 Å². The van der Waals surface area contributed by atoms with Crippen LogP contribution in [0.1, 0.15) is 28.4 Å². The molecule has 1 heterocycles. The number of fused-ring (bicyclic) bond motifs is 1. The molecular formula is C17H13F4NO2S. The van der Waals surface area contributed by atoms with Crippen LogP contribution < -0.4 is 10.1 Å². The van der Waals surface area contributed by atoms with Crippen molar-refractivity contribution in [2.75, 3.05) is 5.75 Å². The minimum atomic E-state index is -4.78. The highest BCUT2D eigenvalue weighted by Gasteiger charge is 2.31. The number of amides is 1. The van der Waals surface area contributed by atoms with E-state index in [0.717, 1.165) is 22.8 Å². The van der Waals surface area contributed by atoms with Gasteiger partial charge in [0.15, 0.2) is 0 Å². The molecule has 3 nitrogen and oxygen atoms in total. The summed E-state index contributed by atoms with van der Waals surface area (Å²) in [4.78, 5) is 13.2. The van der Waals surface area contributed by atoms with E-state index in [0.29, 0.717) is 12.0 Å². The quantitative estimate of drug-likeness (QED) is 0.796. The van der Waals surface area contributed by atoms with E-state index < -0.39 is 18.0 Å². The number of alkyl halides is 3. The molecule has 0 aliphatic carbocycles. The monoisotopic (exact) mass is 371 g/mol. The Morgan fingerprint density at radius 2 is 1.88 bits per heavy atom. The van der Waals surface area contributed by atoms with Crippen LogP contribution in [0.4, 0.5) is 17.6 Å². The van der Waals surface area contributed by atoms with Gasteiger partial charge in [-0.25, -0.2) is 4.39 Å². The van der Waals surface area contributed by atoms with E-state index in [1.54, 1.807) is 17.8 Å². The maximum atomic E-state index is 13.5. The van der Waals surface area contributed by atoms with Gasteiger partial charge in [0.2, 0.25) is 0 Å². The number of rotatable bonds is 3. The molecule has 1 amide bonds. The zero-order valence-corrected chi connectivity index (χ0v) is 13.6. The molecule has 3 rings (SSSR count). The summed E-state index contributed by atoms with van der Waals surface area (Å²) in [7, 11) is 0. The summed E-state index contributed by atoms with van der Waals surface area (Å²) < 4.78 is 53.7. The molecule has 1 aliphatic rings. The SMILES string of the molecule is O=C(NC1CCSc2ccc(F)cc21)c1ccc(OC(F)(F)F)cc1. The Bertz CT molecular complexity index is 777. The molecule has 1 atom stereocenters. The van der Waals surface area contributed by atoms with Crippen LogP contribution in [-0.2, 0) is 0 Å². The van der Waals surface area contributed by atoms with Crippen molar-refractivity contribution in [1.82, 2.24) is 5.32 Å². The van der Waals surface area contributed by atoms with E-state index >= 15 is 0 Å². The Hall–Kier alpha value is -2.22. The smallest absolute Gasteiger partial charge is 0.406 e. The molecule has 8 heteroatoms. The predicted molar refractivity (Wildman–Crippen MR) is 85.1 cm³/mol. The molecule has 0 saturated heterocycles. The Morgan fingerprint density at radius 1 is 1.16 bits per heavy atom. The lowest BCUT2D eigenvalue weighted by Gasteiger charge is -2.26. The zero-order valence-electron chi connectivity index (χ0n) is 12.8. The van der Waals surface area contributed by atoms with Crippen LogP contribution in [0.5, 0.6) is 5.75 Å². The average molecular weight is 371 g/mol. The van der Waals surface area contributed by atoms with Crippen molar-refractivity contribution in [3.8, 4) is 5.75 Å². The van der Waals surface area contributed by atoms with Crippen LogP contribution in [0.15, 0.2) is 47.4 Å². The van der Waals surface area contributed by atoms with E-state index in [1.165, 1.54) is 24.3 Å². The van der Waals surface area contributed by atoms with Crippen molar-refractivity contribution in [3.63, 3.8) is 0 Å². The first-order chi connectivity index (χ1) is 11.8. The third-order valence-corrected chi connectivity index (χ3v) is 4.79. The number of ether oxygens (including phenoxy) is 1. The van der Waals surface area contributed by atoms with E-state index in [2.05, 4.69) is 10.1 Å². The van der Waals surface area contributed by atoms with Crippen molar-refractivity contribution in [3.05, 3.63) is 59.4 Å².